The minimum absolute atomic E-state index is 0.546. The third kappa shape index (κ3) is 14.6. The molecule has 25 rings (SSSR count). The van der Waals surface area contributed by atoms with Gasteiger partial charge in [0, 0.05) is 43.8 Å². The molecule has 5 heterocycles. The molecule has 0 fully saturated rings. The maximum absolute atomic E-state index is 6.34. The fourth-order valence-corrected chi connectivity index (χ4v) is 27.5. The molecule has 730 valence electrons. The summed E-state index contributed by atoms with van der Waals surface area (Å²) >= 11 is 0. The van der Waals surface area contributed by atoms with E-state index in [0.717, 1.165) is 117 Å². The van der Waals surface area contributed by atoms with Crippen molar-refractivity contribution in [1.29, 1.82) is 0 Å². The van der Waals surface area contributed by atoms with Gasteiger partial charge < -0.3 is 9.97 Å². The molecule has 0 spiro atoms. The van der Waals surface area contributed by atoms with Crippen LogP contribution in [0.2, 0.25) is 0 Å². The van der Waals surface area contributed by atoms with Gasteiger partial charge in [-0.25, -0.2) is 29.9 Å². The minimum Gasteiger partial charge on any atom is -0.324 e. The second-order valence-corrected chi connectivity index (χ2v) is 43.7. The Morgan fingerprint density at radius 1 is 0.196 bits per heavy atom. The van der Waals surface area contributed by atoms with Crippen LogP contribution in [0.15, 0.2) is 315 Å². The molecule has 4 unspecified atom stereocenters. The topological polar surface area (TPSA) is 109 Å². The third-order valence-corrected chi connectivity index (χ3v) is 34.8. The lowest BCUT2D eigenvalue weighted by Gasteiger charge is -2.34. The van der Waals surface area contributed by atoms with Crippen molar-refractivity contribution in [3.8, 4) is 90.1 Å². The summed E-state index contributed by atoms with van der Waals surface area (Å²) in [5.41, 5.74) is 46.4. The Morgan fingerprint density at radius 2 is 0.426 bits per heavy atom. The van der Waals surface area contributed by atoms with Crippen LogP contribution in [0.1, 0.15) is 286 Å². The first-order chi connectivity index (χ1) is 72.5. The van der Waals surface area contributed by atoms with Gasteiger partial charge in [0.15, 0.2) is 23.3 Å². The van der Waals surface area contributed by atoms with Crippen LogP contribution in [0.3, 0.4) is 0 Å². The molecule has 8 nitrogen and oxygen atoms in total. The number of rotatable bonds is 28. The molecule has 0 radical (unpaired) electrons. The molecule has 148 heavy (non-hydrogen) atoms. The molecular weight excluding hydrogens is 1790 g/mol. The van der Waals surface area contributed by atoms with Crippen LogP contribution in [-0.2, 0) is 47.3 Å². The SMILES string of the molecule is CCCCCCc1ccc(C2(c3ccc(C)cc3)c3ccccc3-c3c2cc2c(c3C)-c3nc-2nc2[nH]c(nc4nc(nc5[nH]c(n3)c3cc6c(c(C)c53)-c3ccccc3C6(c3ccc(C)cc3)c3ccc(CCCCCC)cc3)-c3cc5c(c(C)c3-4)-c3ccccc3C5(c3ccc(C)cc3)c3ccc(CCCCCC)cc3)c3cc4c(c(C)c23)-c2ccccc2C4(c2ccc(C)cc2)c2ccc(CCCCCC)cc2)cc1. The van der Waals surface area contributed by atoms with E-state index in [9.17, 15) is 0 Å². The number of nitrogens with zero attached hydrogens (tertiary/aromatic N) is 6. The van der Waals surface area contributed by atoms with Crippen LogP contribution in [-0.4, -0.2) is 39.9 Å². The summed E-state index contributed by atoms with van der Waals surface area (Å²) in [6.07, 6.45) is 23.3. The summed E-state index contributed by atoms with van der Waals surface area (Å²) in [6, 6.07) is 123. The smallest absolute Gasteiger partial charge is 0.165 e. The number of benzene rings is 16. The predicted octanol–water partition coefficient (Wildman–Crippen LogP) is 35.3. The van der Waals surface area contributed by atoms with Crippen LogP contribution in [0.25, 0.3) is 134 Å². The third-order valence-electron chi connectivity index (χ3n) is 34.8. The van der Waals surface area contributed by atoms with Crippen molar-refractivity contribution >= 4 is 44.1 Å². The average molecular weight is 1920 g/mol. The monoisotopic (exact) mass is 1920 g/mol. The average Bonchev–Trinajstić information content (AvgIpc) is 1.53. The molecule has 3 aromatic heterocycles. The Kier molecular flexibility index (Phi) is 23.9. The Labute approximate surface area is 872 Å². The zero-order chi connectivity index (χ0) is 101. The van der Waals surface area contributed by atoms with E-state index in [1.54, 1.807) is 0 Å². The van der Waals surface area contributed by atoms with Gasteiger partial charge in [-0.15, -0.1) is 0 Å². The Morgan fingerprint density at radius 3 is 0.682 bits per heavy atom. The largest absolute Gasteiger partial charge is 0.324 e. The minimum atomic E-state index is -0.787. The number of unbranched alkanes of at least 4 members (excludes halogenated alkanes) is 12. The van der Waals surface area contributed by atoms with Gasteiger partial charge in [0.1, 0.15) is 22.6 Å². The van der Waals surface area contributed by atoms with Gasteiger partial charge in [0.2, 0.25) is 0 Å². The standard InChI is InChI=1S/C140H130N8/c1-13-17-21-25-37-93-57-73-101(74-58-93)137(97-65-49-85(5)50-66-97)113-45-33-29-41-105(113)121-89(9)125-109(81-117(121)137)129-141-133(125)146-130-111-83-119-123(107-43-31-35-47-115(107)139(119,99-69-53-87(7)54-70-99)103-77-61-95(62-78-103)39-27-23-19-15-3)91(11)127(111)135(143-130)148-132-112-84-120-124(108-44-32-36-48-116(108)140(120,100-71-55-88(8)56-72-100)104-79-63-96(64-80-104)40-28-24-20-16-4)92(12)128(112)136(144-132)147-131-110-82-118-122(90(10)126(110)134(142-131)145-129)106-42-30-34-46-114(106)138(118,98-67-51-86(6)52-68-98)102-75-59-94(60-76-102)38-26-22-18-14-2/h29-36,41-84H,13-28,37-40H2,1-12H3,(H2,141,142,143,144,145,146,147,148). The van der Waals surface area contributed by atoms with Crippen LogP contribution in [0.5, 0.6) is 0 Å². The number of hydrogen-bond donors (Lipinski definition) is 2. The van der Waals surface area contributed by atoms with E-state index < -0.39 is 21.7 Å². The quantitative estimate of drug-likeness (QED) is 0.0473. The molecule has 8 bridgehead atoms. The highest BCUT2D eigenvalue weighted by atomic mass is 15.1. The van der Waals surface area contributed by atoms with Gasteiger partial charge in [-0.05, 0) is 309 Å². The summed E-state index contributed by atoms with van der Waals surface area (Å²) in [4.78, 5) is 46.1. The molecule has 0 amide bonds. The first-order valence-electron chi connectivity index (χ1n) is 55.1. The van der Waals surface area contributed by atoms with Gasteiger partial charge in [-0.3, -0.25) is 0 Å². The zero-order valence-electron chi connectivity index (χ0n) is 87.8. The van der Waals surface area contributed by atoms with E-state index in [1.165, 1.54) is 255 Å². The van der Waals surface area contributed by atoms with Crippen LogP contribution < -0.4 is 0 Å². The molecule has 0 saturated carbocycles. The van der Waals surface area contributed by atoms with Crippen molar-refractivity contribution in [2.45, 2.75) is 233 Å². The lowest BCUT2D eigenvalue weighted by Crippen LogP contribution is -2.28. The first-order valence-corrected chi connectivity index (χ1v) is 55.1. The number of aromatic amines is 2. The second-order valence-electron chi connectivity index (χ2n) is 43.7. The highest BCUT2D eigenvalue weighted by Crippen LogP contribution is 2.66. The lowest BCUT2D eigenvalue weighted by atomic mass is 9.67. The van der Waals surface area contributed by atoms with Crippen molar-refractivity contribution in [3.05, 3.63) is 471 Å². The molecule has 2 N–H and O–H groups in total. The Bertz CT molecular complexity index is 8170. The van der Waals surface area contributed by atoms with E-state index in [4.69, 9.17) is 29.9 Å². The number of fused-ring (bicyclic) bond motifs is 32. The van der Waals surface area contributed by atoms with Crippen LogP contribution in [0, 0.1) is 55.4 Å². The molecule has 16 aromatic carbocycles. The van der Waals surface area contributed by atoms with E-state index in [2.05, 4.69) is 409 Å². The molecule has 0 saturated heterocycles. The van der Waals surface area contributed by atoms with Crippen molar-refractivity contribution in [3.63, 3.8) is 0 Å². The van der Waals surface area contributed by atoms with Gasteiger partial charge in [-0.2, -0.15) is 0 Å². The van der Waals surface area contributed by atoms with Crippen LogP contribution in [0.4, 0.5) is 0 Å². The molecule has 4 aliphatic carbocycles. The van der Waals surface area contributed by atoms with E-state index >= 15 is 0 Å². The highest BCUT2D eigenvalue weighted by Gasteiger charge is 2.54. The number of nitrogens with one attached hydrogen (secondary N) is 2. The van der Waals surface area contributed by atoms with Crippen molar-refractivity contribution < 1.29 is 0 Å². The molecule has 6 aliphatic rings. The normalized spacial score (nSPS) is 16.6. The Hall–Kier alpha value is -15.1. The highest BCUT2D eigenvalue weighted by molar-refractivity contribution is 6.14. The summed E-state index contributed by atoms with van der Waals surface area (Å²) in [7, 11) is 0. The summed E-state index contributed by atoms with van der Waals surface area (Å²) in [6.45, 7) is 27.4. The number of H-pyrrole nitrogens is 2. The maximum atomic E-state index is 6.34. The number of hydrogen-bond acceptors (Lipinski definition) is 6. The van der Waals surface area contributed by atoms with Gasteiger partial charge >= 0.3 is 0 Å². The Balaban J connectivity index is 0.834. The van der Waals surface area contributed by atoms with Gasteiger partial charge in [0.25, 0.3) is 0 Å². The first kappa shape index (κ1) is 93.9. The lowest BCUT2D eigenvalue weighted by molar-refractivity contribution is 0.666. The summed E-state index contributed by atoms with van der Waals surface area (Å²) < 4.78 is 0. The van der Waals surface area contributed by atoms with Crippen molar-refractivity contribution in [2.75, 3.05) is 0 Å². The van der Waals surface area contributed by atoms with E-state index in [0.29, 0.717) is 45.9 Å². The van der Waals surface area contributed by atoms with Crippen molar-refractivity contribution in [1.82, 2.24) is 39.9 Å². The number of aryl methyl sites for hydroxylation is 10. The molecular formula is C140H130N8. The molecule has 8 heteroatoms. The molecule has 19 aromatic rings. The van der Waals surface area contributed by atoms with Crippen LogP contribution >= 0.6 is 0 Å². The maximum Gasteiger partial charge on any atom is 0.165 e. The molecule has 2 aliphatic heterocycles. The summed E-state index contributed by atoms with van der Waals surface area (Å²) in [5.74, 6) is 2.20. The fourth-order valence-electron chi connectivity index (χ4n) is 27.5. The van der Waals surface area contributed by atoms with Gasteiger partial charge in [-0.1, -0.05) is 418 Å². The van der Waals surface area contributed by atoms with Gasteiger partial charge in [0.05, 0.1) is 21.7 Å². The zero-order valence-corrected chi connectivity index (χ0v) is 87.8. The van der Waals surface area contributed by atoms with E-state index in [1.807, 2.05) is 0 Å². The number of aromatic nitrogens is 8. The van der Waals surface area contributed by atoms with E-state index in [-0.39, 0.29) is 0 Å². The second kappa shape index (κ2) is 37.7. The molecule has 4 atom stereocenters. The predicted molar refractivity (Wildman–Crippen MR) is 615 cm³/mol. The fraction of sp³-hybridized carbons (Fsp3) is 0.257. The van der Waals surface area contributed by atoms with Crippen molar-refractivity contribution in [2.24, 2.45) is 0 Å². The summed E-state index contributed by atoms with van der Waals surface area (Å²) in [5, 5.41) is 3.75.